The smallest absolute Gasteiger partial charge is 0.262 e. The summed E-state index contributed by atoms with van der Waals surface area (Å²) in [7, 11) is 0. The van der Waals surface area contributed by atoms with Gasteiger partial charge >= 0.3 is 0 Å². The monoisotopic (exact) mass is 282 g/mol. The fraction of sp³-hybridized carbons (Fsp3) is 0.176. The Morgan fingerprint density at radius 3 is 2.67 bits per heavy atom. The molecule has 1 aliphatic rings. The first-order valence-corrected chi connectivity index (χ1v) is 6.79. The van der Waals surface area contributed by atoms with Crippen molar-refractivity contribution in [2.24, 2.45) is 0 Å². The molecule has 0 saturated heterocycles. The van der Waals surface area contributed by atoms with Gasteiger partial charge in [-0.15, -0.1) is 6.58 Å². The molecule has 0 radical (unpaired) electrons. The van der Waals surface area contributed by atoms with Gasteiger partial charge in [-0.3, -0.25) is 10.1 Å². The van der Waals surface area contributed by atoms with Crippen LogP contribution in [-0.2, 0) is 0 Å². The lowest BCUT2D eigenvalue weighted by molar-refractivity contribution is -0.562. The number of hydrogen-bond donors (Lipinski definition) is 1. The van der Waals surface area contributed by atoms with Crippen molar-refractivity contribution in [1.82, 2.24) is 5.32 Å². The Labute approximate surface area is 124 Å². The molecule has 1 aliphatic carbocycles. The zero-order chi connectivity index (χ0) is 15.1. The molecule has 4 nitrogen and oxygen atoms in total. The zero-order valence-corrected chi connectivity index (χ0v) is 11.7. The third-order valence-electron chi connectivity index (χ3n) is 3.35. The number of benzene rings is 1. The Balaban J connectivity index is 2.07. The van der Waals surface area contributed by atoms with Crippen LogP contribution in [0, 0.1) is 10.1 Å². The van der Waals surface area contributed by atoms with Gasteiger partial charge in [-0.2, -0.15) is 0 Å². The van der Waals surface area contributed by atoms with E-state index in [1.54, 1.807) is 18.2 Å². The van der Waals surface area contributed by atoms with Gasteiger partial charge in [0, 0.05) is 17.5 Å². The molecule has 0 heterocycles. The SMILES string of the molecule is C=CCNC1([N+](=O)[O-])C=CC(C=Cc2ccccc2)=CC1. The standard InChI is InChI=1S/C17H18N2O2/c1-2-14-18-17(19(20)21)12-10-16(11-13-17)9-8-15-6-4-3-5-7-15/h2-12,18H,1,13-14H2. The molecule has 21 heavy (non-hydrogen) atoms. The van der Waals surface area contributed by atoms with Gasteiger partial charge in [-0.25, -0.2) is 5.32 Å². The van der Waals surface area contributed by atoms with Crippen molar-refractivity contribution >= 4 is 6.08 Å². The van der Waals surface area contributed by atoms with E-state index in [0.29, 0.717) is 13.0 Å². The zero-order valence-electron chi connectivity index (χ0n) is 11.7. The van der Waals surface area contributed by atoms with E-state index in [4.69, 9.17) is 0 Å². The van der Waals surface area contributed by atoms with Crippen molar-refractivity contribution in [2.75, 3.05) is 6.54 Å². The van der Waals surface area contributed by atoms with Crippen LogP contribution in [0.5, 0.6) is 0 Å². The van der Waals surface area contributed by atoms with Crippen LogP contribution in [-0.4, -0.2) is 17.1 Å². The molecule has 0 aliphatic heterocycles. The Hall–Kier alpha value is -2.46. The summed E-state index contributed by atoms with van der Waals surface area (Å²) >= 11 is 0. The molecule has 108 valence electrons. The molecule has 0 aromatic heterocycles. The van der Waals surface area contributed by atoms with Crippen molar-refractivity contribution in [1.29, 1.82) is 0 Å². The number of hydrogen-bond acceptors (Lipinski definition) is 3. The van der Waals surface area contributed by atoms with Gasteiger partial charge in [0.1, 0.15) is 0 Å². The molecule has 0 saturated carbocycles. The molecule has 1 aromatic rings. The first-order chi connectivity index (χ1) is 10.2. The molecular weight excluding hydrogens is 264 g/mol. The van der Waals surface area contributed by atoms with E-state index in [1.165, 1.54) is 0 Å². The highest BCUT2D eigenvalue weighted by Crippen LogP contribution is 2.23. The molecule has 2 rings (SSSR count). The van der Waals surface area contributed by atoms with E-state index >= 15 is 0 Å². The summed E-state index contributed by atoms with van der Waals surface area (Å²) in [6.07, 6.45) is 11.2. The second-order valence-corrected chi connectivity index (χ2v) is 4.84. The van der Waals surface area contributed by atoms with Crippen molar-refractivity contribution < 1.29 is 4.92 Å². The molecule has 1 unspecified atom stereocenters. The van der Waals surface area contributed by atoms with Gasteiger partial charge < -0.3 is 0 Å². The summed E-state index contributed by atoms with van der Waals surface area (Å²) in [4.78, 5) is 11.0. The van der Waals surface area contributed by atoms with Gasteiger partial charge in [0.05, 0.1) is 6.42 Å². The van der Waals surface area contributed by atoms with Gasteiger partial charge in [0.15, 0.2) is 0 Å². The summed E-state index contributed by atoms with van der Waals surface area (Å²) in [5.74, 6) is 0. The maximum atomic E-state index is 11.3. The van der Waals surface area contributed by atoms with Crippen LogP contribution in [0.25, 0.3) is 6.08 Å². The third kappa shape index (κ3) is 3.77. The minimum absolute atomic E-state index is 0.290. The molecule has 1 N–H and O–H groups in total. The van der Waals surface area contributed by atoms with E-state index in [1.807, 2.05) is 48.6 Å². The van der Waals surface area contributed by atoms with Crippen LogP contribution in [0.15, 0.2) is 72.9 Å². The largest absolute Gasteiger partial charge is 0.297 e. The predicted octanol–water partition coefficient (Wildman–Crippen LogP) is 3.33. The van der Waals surface area contributed by atoms with Gasteiger partial charge in [0.2, 0.25) is 0 Å². The average molecular weight is 282 g/mol. The Morgan fingerprint density at radius 2 is 2.10 bits per heavy atom. The molecule has 1 atom stereocenters. The van der Waals surface area contributed by atoms with Crippen molar-refractivity contribution in [3.05, 3.63) is 88.5 Å². The summed E-state index contributed by atoms with van der Waals surface area (Å²) in [6.45, 7) is 3.97. The highest BCUT2D eigenvalue weighted by Gasteiger charge is 2.39. The first kappa shape index (κ1) is 14.9. The summed E-state index contributed by atoms with van der Waals surface area (Å²) < 4.78 is 0. The highest BCUT2D eigenvalue weighted by atomic mass is 16.6. The van der Waals surface area contributed by atoms with E-state index in [2.05, 4.69) is 11.9 Å². The molecule has 0 bridgehead atoms. The quantitative estimate of drug-likeness (QED) is 0.377. The lowest BCUT2D eigenvalue weighted by atomic mass is 9.96. The summed E-state index contributed by atoms with van der Waals surface area (Å²) in [5.41, 5.74) is 0.845. The lowest BCUT2D eigenvalue weighted by Crippen LogP contribution is -2.50. The molecule has 0 fully saturated rings. The van der Waals surface area contributed by atoms with E-state index in [-0.39, 0.29) is 4.92 Å². The minimum Gasteiger partial charge on any atom is -0.262 e. The Morgan fingerprint density at radius 1 is 1.33 bits per heavy atom. The highest BCUT2D eigenvalue weighted by molar-refractivity contribution is 5.55. The number of nitrogens with one attached hydrogen (secondary N) is 1. The molecule has 0 spiro atoms. The third-order valence-corrected chi connectivity index (χ3v) is 3.35. The predicted molar refractivity (Wildman–Crippen MR) is 85.2 cm³/mol. The fourth-order valence-corrected chi connectivity index (χ4v) is 2.10. The molecule has 0 amide bonds. The van der Waals surface area contributed by atoms with Gasteiger partial charge in [-0.05, 0) is 11.1 Å². The summed E-state index contributed by atoms with van der Waals surface area (Å²) in [5, 5.41) is 14.2. The van der Waals surface area contributed by atoms with Crippen LogP contribution >= 0.6 is 0 Å². The van der Waals surface area contributed by atoms with Crippen molar-refractivity contribution in [2.45, 2.75) is 12.1 Å². The van der Waals surface area contributed by atoms with Crippen LogP contribution in [0.1, 0.15) is 12.0 Å². The second-order valence-electron chi connectivity index (χ2n) is 4.84. The lowest BCUT2D eigenvalue weighted by Gasteiger charge is -2.24. The van der Waals surface area contributed by atoms with Crippen molar-refractivity contribution in [3.63, 3.8) is 0 Å². The normalized spacial score (nSPS) is 21.2. The number of allylic oxidation sites excluding steroid dienone is 3. The molecule has 4 heteroatoms. The summed E-state index contributed by atoms with van der Waals surface area (Å²) in [6, 6.07) is 9.93. The van der Waals surface area contributed by atoms with Gasteiger partial charge in [0.25, 0.3) is 5.66 Å². The fourth-order valence-electron chi connectivity index (χ4n) is 2.10. The average Bonchev–Trinajstić information content (AvgIpc) is 2.53. The minimum atomic E-state index is -1.22. The van der Waals surface area contributed by atoms with Crippen LogP contribution in [0.3, 0.4) is 0 Å². The maximum absolute atomic E-state index is 11.3. The number of nitro groups is 1. The maximum Gasteiger partial charge on any atom is 0.297 e. The van der Waals surface area contributed by atoms with Crippen LogP contribution in [0.2, 0.25) is 0 Å². The van der Waals surface area contributed by atoms with Gasteiger partial charge in [-0.1, -0.05) is 60.7 Å². The first-order valence-electron chi connectivity index (χ1n) is 6.79. The topological polar surface area (TPSA) is 55.2 Å². The van der Waals surface area contributed by atoms with Crippen molar-refractivity contribution in [3.8, 4) is 0 Å². The number of rotatable bonds is 6. The van der Waals surface area contributed by atoms with Crippen LogP contribution < -0.4 is 5.32 Å². The molecular formula is C17H18N2O2. The van der Waals surface area contributed by atoms with E-state index in [9.17, 15) is 10.1 Å². The van der Waals surface area contributed by atoms with E-state index < -0.39 is 5.66 Å². The molecule has 1 aromatic carbocycles. The van der Waals surface area contributed by atoms with Crippen LogP contribution in [0.4, 0.5) is 0 Å². The Kier molecular flexibility index (Phi) is 4.85. The number of nitrogens with zero attached hydrogens (tertiary/aromatic N) is 1. The second kappa shape index (κ2) is 6.81. The van der Waals surface area contributed by atoms with E-state index in [0.717, 1.165) is 11.1 Å². The Bertz CT molecular complexity index is 602.